The minimum absolute atomic E-state index is 0.124. The molecular weight excluding hydrogens is 252 g/mol. The number of ether oxygens (including phenoxy) is 1. The van der Waals surface area contributed by atoms with Gasteiger partial charge in [-0.1, -0.05) is 39.5 Å². The van der Waals surface area contributed by atoms with Crippen molar-refractivity contribution in [2.24, 2.45) is 5.92 Å². The van der Waals surface area contributed by atoms with E-state index in [9.17, 15) is 4.79 Å². The molecule has 0 radical (unpaired) electrons. The van der Waals surface area contributed by atoms with Crippen LogP contribution in [-0.4, -0.2) is 37.7 Å². The molecule has 1 aliphatic carbocycles. The van der Waals surface area contributed by atoms with Gasteiger partial charge in [0.15, 0.2) is 0 Å². The third-order valence-corrected chi connectivity index (χ3v) is 4.05. The number of carbonyl (C=O) groups is 1. The molecule has 0 aromatic carbocycles. The van der Waals surface area contributed by atoms with E-state index >= 15 is 0 Å². The maximum Gasteiger partial charge on any atom is 0.234 e. The van der Waals surface area contributed by atoms with Gasteiger partial charge in [-0.25, -0.2) is 0 Å². The van der Waals surface area contributed by atoms with E-state index in [1.165, 1.54) is 25.7 Å². The molecule has 1 atom stereocenters. The van der Waals surface area contributed by atoms with Crippen LogP contribution in [-0.2, 0) is 9.53 Å². The highest BCUT2D eigenvalue weighted by Crippen LogP contribution is 2.16. The average molecular weight is 284 g/mol. The van der Waals surface area contributed by atoms with Crippen LogP contribution < -0.4 is 10.6 Å². The van der Waals surface area contributed by atoms with E-state index in [2.05, 4.69) is 24.5 Å². The number of nitrogens with one attached hydrogen (secondary N) is 2. The molecule has 0 spiro atoms. The lowest BCUT2D eigenvalue weighted by Gasteiger charge is -2.23. The van der Waals surface area contributed by atoms with Gasteiger partial charge in [0.1, 0.15) is 0 Å². The maximum absolute atomic E-state index is 12.0. The Kier molecular flexibility index (Phi) is 8.86. The fourth-order valence-electron chi connectivity index (χ4n) is 2.66. The summed E-state index contributed by atoms with van der Waals surface area (Å²) in [5.41, 5.74) is 0. The van der Waals surface area contributed by atoms with Crippen LogP contribution in [0.2, 0.25) is 0 Å². The number of rotatable bonds is 8. The van der Waals surface area contributed by atoms with Crippen molar-refractivity contribution >= 4 is 5.91 Å². The van der Waals surface area contributed by atoms with E-state index < -0.39 is 0 Å². The predicted octanol–water partition coefficient (Wildman–Crippen LogP) is 2.48. The van der Waals surface area contributed by atoms with E-state index in [4.69, 9.17) is 4.74 Å². The molecule has 1 fully saturated rings. The van der Waals surface area contributed by atoms with Crippen molar-refractivity contribution in [2.45, 2.75) is 71.4 Å². The minimum Gasteiger partial charge on any atom is -0.380 e. The van der Waals surface area contributed by atoms with E-state index in [-0.39, 0.29) is 11.9 Å². The van der Waals surface area contributed by atoms with Crippen LogP contribution in [0.3, 0.4) is 0 Å². The SMILES string of the molecule is CCOCC(NCC(=O)NC1CCCCCC1)C(C)C. The van der Waals surface area contributed by atoms with Crippen molar-refractivity contribution in [2.75, 3.05) is 19.8 Å². The van der Waals surface area contributed by atoms with Crippen LogP contribution in [0.15, 0.2) is 0 Å². The first-order valence-corrected chi connectivity index (χ1v) is 8.24. The van der Waals surface area contributed by atoms with Crippen molar-refractivity contribution < 1.29 is 9.53 Å². The summed E-state index contributed by atoms with van der Waals surface area (Å²) >= 11 is 0. The molecule has 1 rings (SSSR count). The summed E-state index contributed by atoms with van der Waals surface area (Å²) in [6.45, 7) is 8.09. The van der Waals surface area contributed by atoms with E-state index in [0.29, 0.717) is 25.1 Å². The Hall–Kier alpha value is -0.610. The number of carbonyl (C=O) groups excluding carboxylic acids is 1. The lowest BCUT2D eigenvalue weighted by Crippen LogP contribution is -2.46. The lowest BCUT2D eigenvalue weighted by atomic mass is 10.1. The fraction of sp³-hybridized carbons (Fsp3) is 0.938. The zero-order valence-electron chi connectivity index (χ0n) is 13.4. The number of hydrogen-bond donors (Lipinski definition) is 2. The minimum atomic E-state index is 0.124. The fourth-order valence-corrected chi connectivity index (χ4v) is 2.66. The second kappa shape index (κ2) is 10.2. The van der Waals surface area contributed by atoms with Crippen LogP contribution in [0.5, 0.6) is 0 Å². The van der Waals surface area contributed by atoms with Gasteiger partial charge in [0.2, 0.25) is 5.91 Å². The summed E-state index contributed by atoms with van der Waals surface area (Å²) in [6.07, 6.45) is 7.40. The molecule has 0 bridgehead atoms. The largest absolute Gasteiger partial charge is 0.380 e. The predicted molar refractivity (Wildman–Crippen MR) is 82.8 cm³/mol. The van der Waals surface area contributed by atoms with E-state index in [0.717, 1.165) is 19.4 Å². The first kappa shape index (κ1) is 17.4. The van der Waals surface area contributed by atoms with Crippen LogP contribution in [0, 0.1) is 5.92 Å². The molecule has 0 aromatic heterocycles. The highest BCUT2D eigenvalue weighted by molar-refractivity contribution is 5.78. The topological polar surface area (TPSA) is 50.4 Å². The first-order valence-electron chi connectivity index (χ1n) is 8.24. The quantitative estimate of drug-likeness (QED) is 0.673. The van der Waals surface area contributed by atoms with Crippen LogP contribution in [0.1, 0.15) is 59.3 Å². The van der Waals surface area contributed by atoms with Crippen LogP contribution >= 0.6 is 0 Å². The monoisotopic (exact) mass is 284 g/mol. The number of hydrogen-bond acceptors (Lipinski definition) is 3. The number of amides is 1. The summed E-state index contributed by atoms with van der Waals surface area (Å²) in [4.78, 5) is 12.0. The zero-order chi connectivity index (χ0) is 14.8. The van der Waals surface area contributed by atoms with Gasteiger partial charge in [-0.3, -0.25) is 4.79 Å². The zero-order valence-corrected chi connectivity index (χ0v) is 13.4. The van der Waals surface area contributed by atoms with Crippen molar-refractivity contribution in [1.82, 2.24) is 10.6 Å². The maximum atomic E-state index is 12.0. The van der Waals surface area contributed by atoms with Crippen LogP contribution in [0.4, 0.5) is 0 Å². The average Bonchev–Trinajstić information content (AvgIpc) is 2.67. The van der Waals surface area contributed by atoms with Gasteiger partial charge in [0.05, 0.1) is 13.2 Å². The van der Waals surface area contributed by atoms with Gasteiger partial charge < -0.3 is 15.4 Å². The van der Waals surface area contributed by atoms with E-state index in [1.807, 2.05) is 6.92 Å². The highest BCUT2D eigenvalue weighted by atomic mass is 16.5. The molecule has 0 aromatic rings. The molecule has 0 heterocycles. The first-order chi connectivity index (χ1) is 9.63. The second-order valence-electron chi connectivity index (χ2n) is 6.15. The van der Waals surface area contributed by atoms with Gasteiger partial charge in [0, 0.05) is 18.7 Å². The summed E-state index contributed by atoms with van der Waals surface area (Å²) < 4.78 is 5.46. The molecule has 0 aliphatic heterocycles. The Morgan fingerprint density at radius 2 is 1.85 bits per heavy atom. The molecule has 1 unspecified atom stereocenters. The molecule has 20 heavy (non-hydrogen) atoms. The molecule has 118 valence electrons. The molecule has 0 saturated heterocycles. The van der Waals surface area contributed by atoms with Crippen molar-refractivity contribution in [1.29, 1.82) is 0 Å². The summed E-state index contributed by atoms with van der Waals surface area (Å²) in [6, 6.07) is 0.631. The van der Waals surface area contributed by atoms with Gasteiger partial charge in [-0.05, 0) is 25.7 Å². The van der Waals surface area contributed by atoms with Gasteiger partial charge in [-0.15, -0.1) is 0 Å². The van der Waals surface area contributed by atoms with Crippen molar-refractivity contribution in [3.8, 4) is 0 Å². The third-order valence-electron chi connectivity index (χ3n) is 4.05. The van der Waals surface area contributed by atoms with Gasteiger partial charge >= 0.3 is 0 Å². The Bertz CT molecular complexity index is 261. The summed E-state index contributed by atoms with van der Waals surface area (Å²) in [5.74, 6) is 0.589. The lowest BCUT2D eigenvalue weighted by molar-refractivity contribution is -0.121. The molecule has 4 nitrogen and oxygen atoms in total. The molecular formula is C16H32N2O2. The Morgan fingerprint density at radius 3 is 2.40 bits per heavy atom. The van der Waals surface area contributed by atoms with Crippen molar-refractivity contribution in [3.63, 3.8) is 0 Å². The third kappa shape index (κ3) is 7.25. The smallest absolute Gasteiger partial charge is 0.234 e. The normalized spacial score (nSPS) is 18.8. The van der Waals surface area contributed by atoms with Gasteiger partial charge in [0.25, 0.3) is 0 Å². The second-order valence-corrected chi connectivity index (χ2v) is 6.15. The Labute approximate surface area is 124 Å². The summed E-state index contributed by atoms with van der Waals surface area (Å²) in [5, 5.41) is 6.49. The van der Waals surface area contributed by atoms with Gasteiger partial charge in [-0.2, -0.15) is 0 Å². The van der Waals surface area contributed by atoms with Crippen molar-refractivity contribution in [3.05, 3.63) is 0 Å². The van der Waals surface area contributed by atoms with E-state index in [1.54, 1.807) is 0 Å². The Balaban J connectivity index is 2.25. The molecule has 4 heteroatoms. The molecule has 2 N–H and O–H groups in total. The Morgan fingerprint density at radius 1 is 1.20 bits per heavy atom. The standard InChI is InChI=1S/C16H32N2O2/c1-4-20-12-15(13(2)3)17-11-16(19)18-14-9-7-5-6-8-10-14/h13-15,17H,4-12H2,1-3H3,(H,18,19). The molecule has 1 amide bonds. The summed E-state index contributed by atoms with van der Waals surface area (Å²) in [7, 11) is 0. The molecule has 1 saturated carbocycles. The molecule has 1 aliphatic rings. The van der Waals surface area contributed by atoms with Crippen LogP contribution in [0.25, 0.3) is 0 Å². The highest BCUT2D eigenvalue weighted by Gasteiger charge is 2.17.